The Kier molecular flexibility index (Phi) is 7.94. The van der Waals surface area contributed by atoms with Gasteiger partial charge in [0.25, 0.3) is 0 Å². The Morgan fingerprint density at radius 3 is 2.74 bits per heavy atom. The van der Waals surface area contributed by atoms with Crippen molar-refractivity contribution in [2.45, 2.75) is 58.3 Å². The second-order valence-electron chi connectivity index (χ2n) is 9.37. The highest BCUT2D eigenvalue weighted by atomic mass is 19.1. The average Bonchev–Trinajstić information content (AvgIpc) is 3.37. The van der Waals surface area contributed by atoms with Gasteiger partial charge >= 0.3 is 0 Å². The molecule has 1 atom stereocenters. The van der Waals surface area contributed by atoms with E-state index in [-0.39, 0.29) is 25.1 Å². The number of hydrogen-bond donors (Lipinski definition) is 0. The fourth-order valence-electron chi connectivity index (χ4n) is 5.44. The molecule has 5 rings (SSSR count). The van der Waals surface area contributed by atoms with Crippen molar-refractivity contribution in [1.82, 2.24) is 9.88 Å². The highest BCUT2D eigenvalue weighted by Gasteiger charge is 2.30. The Morgan fingerprint density at radius 1 is 1.15 bits per heavy atom. The first-order valence-electron chi connectivity index (χ1n) is 12.2. The van der Waals surface area contributed by atoms with E-state index >= 15 is 0 Å². The van der Waals surface area contributed by atoms with E-state index in [1.807, 2.05) is 24.3 Å². The molecule has 1 aliphatic heterocycles. The van der Waals surface area contributed by atoms with Crippen LogP contribution in [0.5, 0.6) is 0 Å². The Hall–Kier alpha value is -2.79. The predicted octanol–water partition coefficient (Wildman–Crippen LogP) is 7.02. The van der Waals surface area contributed by atoms with Crippen LogP contribution in [0.25, 0.3) is 16.5 Å². The van der Waals surface area contributed by atoms with Gasteiger partial charge in [0, 0.05) is 30.8 Å². The van der Waals surface area contributed by atoms with Gasteiger partial charge in [-0.15, -0.1) is 0 Å². The van der Waals surface area contributed by atoms with Crippen molar-refractivity contribution in [3.63, 3.8) is 0 Å². The summed E-state index contributed by atoms with van der Waals surface area (Å²) in [4.78, 5) is 20.4. The molecule has 0 amide bonds. The summed E-state index contributed by atoms with van der Waals surface area (Å²) in [5.41, 5.74) is 3.72. The van der Waals surface area contributed by atoms with Crippen molar-refractivity contribution in [2.24, 2.45) is 5.92 Å². The molecule has 2 aliphatic rings. The van der Waals surface area contributed by atoms with Gasteiger partial charge in [0.2, 0.25) is 0 Å². The molecule has 2 aromatic heterocycles. The molecule has 180 valence electrons. The number of fused-ring (bicyclic) bond motifs is 1. The van der Waals surface area contributed by atoms with Gasteiger partial charge in [-0.05, 0) is 68.1 Å². The van der Waals surface area contributed by atoms with Crippen LogP contribution in [-0.2, 0) is 4.79 Å². The first-order valence-corrected chi connectivity index (χ1v) is 12.2. The Bertz CT molecular complexity index is 1130. The summed E-state index contributed by atoms with van der Waals surface area (Å²) >= 11 is 0. The van der Waals surface area contributed by atoms with Gasteiger partial charge in [0.1, 0.15) is 17.2 Å². The van der Waals surface area contributed by atoms with Crippen molar-refractivity contribution >= 4 is 22.3 Å². The first-order chi connectivity index (χ1) is 16.2. The van der Waals surface area contributed by atoms with Gasteiger partial charge in [-0.2, -0.15) is 0 Å². The minimum Gasteiger partial charge on any atom is -0.464 e. The third-order valence-corrected chi connectivity index (χ3v) is 7.33. The van der Waals surface area contributed by atoms with Gasteiger partial charge in [-0.3, -0.25) is 14.7 Å². The van der Waals surface area contributed by atoms with Gasteiger partial charge in [0.05, 0.1) is 23.3 Å². The maximum absolute atomic E-state index is 14.0. The molecular formula is C29H35FN2O2. The number of carbonyl (C=O) groups excluding carboxylic acids is 1. The number of pyridine rings is 1. The predicted molar refractivity (Wildman–Crippen MR) is 135 cm³/mol. The smallest absolute Gasteiger partial charge is 0.145 e. The summed E-state index contributed by atoms with van der Waals surface area (Å²) < 4.78 is 19.6. The quantitative estimate of drug-likeness (QED) is 0.379. The maximum Gasteiger partial charge on any atom is 0.145 e. The second-order valence-corrected chi connectivity index (χ2v) is 9.37. The zero-order valence-electron chi connectivity index (χ0n) is 19.0. The van der Waals surface area contributed by atoms with E-state index in [1.165, 1.54) is 18.1 Å². The molecule has 1 fully saturated rings. The van der Waals surface area contributed by atoms with Crippen LogP contribution in [0, 0.1) is 11.7 Å². The number of aromatic nitrogens is 1. The molecule has 0 spiro atoms. The normalized spacial score (nSPS) is 18.3. The molecule has 3 aromatic rings. The lowest BCUT2D eigenvalue weighted by molar-refractivity contribution is -0.125. The number of Topliss-reactive ketones (excluding diaryl/α,β-unsaturated/α-hetero) is 1. The van der Waals surface area contributed by atoms with E-state index in [4.69, 9.17) is 4.42 Å². The Morgan fingerprint density at radius 2 is 2.00 bits per heavy atom. The summed E-state index contributed by atoms with van der Waals surface area (Å²) in [5.74, 6) is 0.198. The zero-order valence-corrected chi connectivity index (χ0v) is 19.0. The van der Waals surface area contributed by atoms with Gasteiger partial charge in [-0.1, -0.05) is 38.8 Å². The minimum atomic E-state index is -0.247. The number of carbonyl (C=O) groups is 1. The largest absolute Gasteiger partial charge is 0.464 e. The summed E-state index contributed by atoms with van der Waals surface area (Å²) in [6.45, 7) is 2.60. The maximum atomic E-state index is 14.0. The van der Waals surface area contributed by atoms with Crippen molar-refractivity contribution in [3.05, 3.63) is 72.0 Å². The van der Waals surface area contributed by atoms with Crippen molar-refractivity contribution < 1.29 is 13.6 Å². The van der Waals surface area contributed by atoms with Crippen molar-refractivity contribution in [3.8, 4) is 0 Å². The van der Waals surface area contributed by atoms with Crippen LogP contribution in [-0.4, -0.2) is 35.3 Å². The number of ketones is 1. The highest BCUT2D eigenvalue weighted by molar-refractivity contribution is 5.90. The summed E-state index contributed by atoms with van der Waals surface area (Å²) in [6.07, 6.45) is 12.9. The molecule has 0 bridgehead atoms. The second kappa shape index (κ2) is 11.1. The summed E-state index contributed by atoms with van der Waals surface area (Å²) in [6, 6.07) is 10.9. The number of halogens is 1. The lowest BCUT2D eigenvalue weighted by Gasteiger charge is -2.29. The third-order valence-electron chi connectivity index (χ3n) is 7.33. The molecule has 1 aromatic carbocycles. The van der Waals surface area contributed by atoms with Crippen LogP contribution in [0.4, 0.5) is 4.39 Å². The van der Waals surface area contributed by atoms with Crippen molar-refractivity contribution in [2.75, 3.05) is 19.6 Å². The molecule has 1 saturated carbocycles. The van der Waals surface area contributed by atoms with Crippen LogP contribution >= 0.6 is 0 Å². The lowest BCUT2D eigenvalue weighted by atomic mass is 9.79. The molecule has 1 aliphatic carbocycles. The average molecular weight is 463 g/mol. The fraction of sp³-hybridized carbons (Fsp3) is 0.448. The first kappa shape index (κ1) is 24.3. The molecule has 0 N–H and O–H groups in total. The number of furan rings is 1. The standard InChI is InChI=1S/C28H31FN2O2.CH4/c29-25-10-9-22(28-23(25)14-19-33-28)20-11-16-31(17-12-20)18-13-24(26-8-4-5-15-30-26)27(32)21-6-2-1-3-7-21;/h4-5,8-11,14-15,19,21,24H,1-3,6-7,12-13,16-18H2;1H4. The minimum absolute atomic E-state index is 0. The van der Waals surface area contributed by atoms with Crippen molar-refractivity contribution in [1.29, 1.82) is 0 Å². The SMILES string of the molecule is C.O=C(C1CCCCC1)C(CCN1CC=C(c2ccc(F)c3ccoc23)CC1)c1ccccn1. The van der Waals surface area contributed by atoms with Crippen LogP contribution in [0.3, 0.4) is 0 Å². The molecule has 0 radical (unpaired) electrons. The van der Waals surface area contributed by atoms with Gasteiger partial charge in [0.15, 0.2) is 0 Å². The number of benzene rings is 1. The monoisotopic (exact) mass is 462 g/mol. The van der Waals surface area contributed by atoms with E-state index in [0.717, 1.165) is 69.4 Å². The molecule has 1 unspecified atom stereocenters. The van der Waals surface area contributed by atoms with Crippen LogP contribution < -0.4 is 0 Å². The molecular weight excluding hydrogens is 427 g/mol. The fourth-order valence-corrected chi connectivity index (χ4v) is 5.44. The van der Waals surface area contributed by atoms with Gasteiger partial charge < -0.3 is 4.42 Å². The van der Waals surface area contributed by atoms with E-state index in [1.54, 1.807) is 18.5 Å². The molecule has 4 nitrogen and oxygen atoms in total. The Labute approximate surface area is 201 Å². The van der Waals surface area contributed by atoms with Crippen LogP contribution in [0.1, 0.15) is 69.5 Å². The molecule has 5 heteroatoms. The number of nitrogens with zero attached hydrogens (tertiary/aromatic N) is 2. The highest BCUT2D eigenvalue weighted by Crippen LogP contribution is 2.33. The summed E-state index contributed by atoms with van der Waals surface area (Å²) in [7, 11) is 0. The molecule has 0 saturated heterocycles. The molecule has 34 heavy (non-hydrogen) atoms. The van der Waals surface area contributed by atoms with E-state index in [0.29, 0.717) is 16.8 Å². The van der Waals surface area contributed by atoms with Gasteiger partial charge in [-0.25, -0.2) is 4.39 Å². The topological polar surface area (TPSA) is 46.3 Å². The number of hydrogen-bond acceptors (Lipinski definition) is 4. The van der Waals surface area contributed by atoms with E-state index in [9.17, 15) is 9.18 Å². The van der Waals surface area contributed by atoms with Crippen LogP contribution in [0.15, 0.2) is 59.4 Å². The Balaban J connectivity index is 0.00000274. The third kappa shape index (κ3) is 5.15. The van der Waals surface area contributed by atoms with Crippen LogP contribution in [0.2, 0.25) is 0 Å². The zero-order chi connectivity index (χ0) is 22.6. The summed E-state index contributed by atoms with van der Waals surface area (Å²) in [5, 5.41) is 0.537. The number of rotatable bonds is 7. The lowest BCUT2D eigenvalue weighted by Crippen LogP contribution is -2.33. The molecule has 3 heterocycles. The van der Waals surface area contributed by atoms with E-state index in [2.05, 4.69) is 16.0 Å². The van der Waals surface area contributed by atoms with E-state index < -0.39 is 0 Å².